The van der Waals surface area contributed by atoms with E-state index < -0.39 is 5.97 Å². The highest BCUT2D eigenvalue weighted by Gasteiger charge is 2.22. The van der Waals surface area contributed by atoms with Gasteiger partial charge in [-0.1, -0.05) is 18.2 Å². The van der Waals surface area contributed by atoms with Gasteiger partial charge in [-0.25, -0.2) is 4.79 Å². The highest BCUT2D eigenvalue weighted by molar-refractivity contribution is 5.91. The first-order valence-electron chi connectivity index (χ1n) is 11.0. The van der Waals surface area contributed by atoms with Crippen molar-refractivity contribution in [3.05, 3.63) is 59.2 Å². The van der Waals surface area contributed by atoms with Gasteiger partial charge in [0.05, 0.1) is 32.0 Å². The van der Waals surface area contributed by atoms with Crippen LogP contribution in [0, 0.1) is 0 Å². The van der Waals surface area contributed by atoms with Gasteiger partial charge in [0.25, 0.3) is 5.91 Å². The lowest BCUT2D eigenvalue weighted by Gasteiger charge is -2.35. The van der Waals surface area contributed by atoms with Crippen LogP contribution >= 0.6 is 0 Å². The third-order valence-corrected chi connectivity index (χ3v) is 5.36. The summed E-state index contributed by atoms with van der Waals surface area (Å²) in [6, 6.07) is 12.7. The third kappa shape index (κ3) is 7.20. The lowest BCUT2D eigenvalue weighted by atomic mass is 10.1. The van der Waals surface area contributed by atoms with Crippen molar-refractivity contribution in [1.82, 2.24) is 10.2 Å². The molecule has 3 rings (SSSR count). The fraction of sp³-hybridized carbons (Fsp3) is 0.440. The Morgan fingerprint density at radius 3 is 2.24 bits per heavy atom. The summed E-state index contributed by atoms with van der Waals surface area (Å²) in [5.74, 6) is 0.278. The maximum atomic E-state index is 12.3. The van der Waals surface area contributed by atoms with E-state index >= 15 is 0 Å². The van der Waals surface area contributed by atoms with Crippen molar-refractivity contribution in [2.45, 2.75) is 39.1 Å². The molecule has 0 saturated carbocycles. The number of rotatable bonds is 9. The summed E-state index contributed by atoms with van der Waals surface area (Å²) in [5.41, 5.74) is 2.36. The van der Waals surface area contributed by atoms with E-state index in [1.807, 2.05) is 18.2 Å². The maximum absolute atomic E-state index is 12.3. The summed E-state index contributed by atoms with van der Waals surface area (Å²) in [7, 11) is 3.11. The molecule has 2 aromatic carbocycles. The molecule has 0 radical (unpaired) electrons. The van der Waals surface area contributed by atoms with Crippen LogP contribution in [0.1, 0.15) is 35.3 Å². The zero-order valence-electron chi connectivity index (χ0n) is 19.6. The van der Waals surface area contributed by atoms with Gasteiger partial charge in [-0.2, -0.15) is 0 Å². The first-order valence-corrected chi connectivity index (χ1v) is 11.0. The third-order valence-electron chi connectivity index (χ3n) is 5.36. The predicted octanol–water partition coefficient (Wildman–Crippen LogP) is 2.79. The van der Waals surface area contributed by atoms with Crippen LogP contribution in [-0.4, -0.2) is 62.9 Å². The Bertz CT molecular complexity index is 936. The molecular formula is C25H32N2O6. The Kier molecular flexibility index (Phi) is 8.68. The number of methoxy groups -OCH3 is 2. The Balaban J connectivity index is 1.44. The van der Waals surface area contributed by atoms with Gasteiger partial charge < -0.3 is 24.3 Å². The lowest BCUT2D eigenvalue weighted by molar-refractivity contribution is -0.124. The van der Waals surface area contributed by atoms with E-state index in [9.17, 15) is 9.59 Å². The van der Waals surface area contributed by atoms with Crippen LogP contribution in [0.4, 0.5) is 0 Å². The maximum Gasteiger partial charge on any atom is 0.338 e. The lowest BCUT2D eigenvalue weighted by Crippen LogP contribution is -2.44. The molecule has 8 nitrogen and oxygen atoms in total. The number of morpholine rings is 1. The minimum atomic E-state index is -0.531. The van der Waals surface area contributed by atoms with E-state index in [1.54, 1.807) is 38.5 Å². The van der Waals surface area contributed by atoms with Crippen LogP contribution in [0.15, 0.2) is 42.5 Å². The van der Waals surface area contributed by atoms with Crippen molar-refractivity contribution < 1.29 is 28.5 Å². The van der Waals surface area contributed by atoms with Crippen LogP contribution in [-0.2, 0) is 27.4 Å². The standard InChI is InChI=1S/C25H32N2O6/c1-17-13-27(14-18(2)33-17)15-19-5-8-21(9-6-19)25(29)32-16-24(28)26-12-20-7-10-22(30-3)23(11-20)31-4/h5-11,17-18H,12-16H2,1-4H3,(H,26,28). The van der Waals surface area contributed by atoms with Gasteiger partial charge in [-0.05, 0) is 49.2 Å². The van der Waals surface area contributed by atoms with Gasteiger partial charge in [0, 0.05) is 26.2 Å². The largest absolute Gasteiger partial charge is 0.493 e. The van der Waals surface area contributed by atoms with Crippen molar-refractivity contribution >= 4 is 11.9 Å². The number of carbonyl (C=O) groups excluding carboxylic acids is 2. The molecule has 0 spiro atoms. The second-order valence-electron chi connectivity index (χ2n) is 8.19. The summed E-state index contributed by atoms with van der Waals surface area (Å²) < 4.78 is 21.4. The number of hydrogen-bond donors (Lipinski definition) is 1. The van der Waals surface area contributed by atoms with Crippen molar-refractivity contribution in [3.63, 3.8) is 0 Å². The van der Waals surface area contributed by atoms with Crippen molar-refractivity contribution in [2.75, 3.05) is 33.9 Å². The van der Waals surface area contributed by atoms with E-state index in [0.29, 0.717) is 17.1 Å². The molecule has 1 aliphatic rings. The Hall–Kier alpha value is -3.10. The molecule has 33 heavy (non-hydrogen) atoms. The molecule has 0 aliphatic carbocycles. The first kappa shape index (κ1) is 24.5. The normalized spacial score (nSPS) is 18.4. The first-order chi connectivity index (χ1) is 15.9. The SMILES string of the molecule is COc1ccc(CNC(=O)COC(=O)c2ccc(CN3CC(C)OC(C)C3)cc2)cc1OC. The number of benzene rings is 2. The number of esters is 1. The monoisotopic (exact) mass is 456 g/mol. The Labute approximate surface area is 194 Å². The quantitative estimate of drug-likeness (QED) is 0.581. The number of ether oxygens (including phenoxy) is 4. The number of hydrogen-bond acceptors (Lipinski definition) is 7. The molecule has 1 N–H and O–H groups in total. The van der Waals surface area contributed by atoms with Crippen LogP contribution in [0.3, 0.4) is 0 Å². The van der Waals surface area contributed by atoms with Crippen molar-refractivity contribution in [2.24, 2.45) is 0 Å². The smallest absolute Gasteiger partial charge is 0.338 e. The fourth-order valence-corrected chi connectivity index (χ4v) is 3.87. The van der Waals surface area contributed by atoms with E-state index in [-0.39, 0.29) is 31.3 Å². The number of carbonyl (C=O) groups is 2. The van der Waals surface area contributed by atoms with Crippen LogP contribution in [0.25, 0.3) is 0 Å². The molecule has 1 aliphatic heterocycles. The summed E-state index contributed by atoms with van der Waals surface area (Å²) in [4.78, 5) is 26.7. The van der Waals surface area contributed by atoms with Crippen molar-refractivity contribution in [1.29, 1.82) is 0 Å². The van der Waals surface area contributed by atoms with E-state index in [2.05, 4.69) is 24.1 Å². The van der Waals surface area contributed by atoms with E-state index in [4.69, 9.17) is 18.9 Å². The summed E-state index contributed by atoms with van der Waals surface area (Å²) in [5, 5.41) is 2.73. The molecule has 1 saturated heterocycles. The van der Waals surface area contributed by atoms with Gasteiger partial charge in [-0.3, -0.25) is 9.69 Å². The molecule has 1 fully saturated rings. The van der Waals surface area contributed by atoms with Gasteiger partial charge in [0.2, 0.25) is 0 Å². The number of nitrogens with one attached hydrogen (secondary N) is 1. The highest BCUT2D eigenvalue weighted by atomic mass is 16.5. The second kappa shape index (κ2) is 11.7. The Morgan fingerprint density at radius 1 is 0.970 bits per heavy atom. The summed E-state index contributed by atoms with van der Waals surface area (Å²) in [6.45, 7) is 6.64. The van der Waals surface area contributed by atoms with Gasteiger partial charge in [0.15, 0.2) is 18.1 Å². The molecule has 178 valence electrons. The van der Waals surface area contributed by atoms with Crippen molar-refractivity contribution in [3.8, 4) is 11.5 Å². The van der Waals surface area contributed by atoms with Gasteiger partial charge >= 0.3 is 5.97 Å². The molecular weight excluding hydrogens is 424 g/mol. The Morgan fingerprint density at radius 2 is 1.61 bits per heavy atom. The zero-order valence-corrected chi connectivity index (χ0v) is 19.6. The fourth-order valence-electron chi connectivity index (χ4n) is 3.87. The van der Waals surface area contributed by atoms with Crippen LogP contribution < -0.4 is 14.8 Å². The molecule has 1 amide bonds. The average Bonchev–Trinajstić information content (AvgIpc) is 2.80. The van der Waals surface area contributed by atoms with Crippen LogP contribution in [0.5, 0.6) is 11.5 Å². The number of amides is 1. The topological polar surface area (TPSA) is 86.3 Å². The highest BCUT2D eigenvalue weighted by Crippen LogP contribution is 2.27. The summed E-state index contributed by atoms with van der Waals surface area (Å²) in [6.07, 6.45) is 0.418. The molecule has 2 atom stereocenters. The molecule has 0 bridgehead atoms. The predicted molar refractivity (Wildman–Crippen MR) is 123 cm³/mol. The average molecular weight is 457 g/mol. The molecule has 8 heteroatoms. The molecule has 2 aromatic rings. The van der Waals surface area contributed by atoms with Gasteiger partial charge in [-0.15, -0.1) is 0 Å². The molecule has 1 heterocycles. The zero-order chi connectivity index (χ0) is 23.8. The molecule has 2 unspecified atom stereocenters. The van der Waals surface area contributed by atoms with E-state index in [1.165, 1.54) is 0 Å². The second-order valence-corrected chi connectivity index (χ2v) is 8.19. The van der Waals surface area contributed by atoms with E-state index in [0.717, 1.165) is 30.8 Å². The summed E-state index contributed by atoms with van der Waals surface area (Å²) >= 11 is 0. The minimum absolute atomic E-state index is 0.209. The minimum Gasteiger partial charge on any atom is -0.493 e. The molecule has 0 aromatic heterocycles. The number of nitrogens with zero attached hydrogens (tertiary/aromatic N) is 1. The van der Waals surface area contributed by atoms with Gasteiger partial charge in [0.1, 0.15) is 0 Å². The van der Waals surface area contributed by atoms with Crippen LogP contribution in [0.2, 0.25) is 0 Å².